The summed E-state index contributed by atoms with van der Waals surface area (Å²) in [6.07, 6.45) is 5.67. The van der Waals surface area contributed by atoms with Crippen molar-refractivity contribution in [3.8, 4) is 0 Å². The number of nitrogens with zero attached hydrogens (tertiary/aromatic N) is 5. The highest BCUT2D eigenvalue weighted by molar-refractivity contribution is 6.07. The maximum atomic E-state index is 5.24. The maximum absolute atomic E-state index is 5.24. The van der Waals surface area contributed by atoms with Crippen LogP contribution >= 0.6 is 0 Å². The predicted octanol–water partition coefficient (Wildman–Crippen LogP) is 4.93. The molecule has 32 heavy (non-hydrogen) atoms. The lowest BCUT2D eigenvalue weighted by molar-refractivity contribution is 0.477. The van der Waals surface area contributed by atoms with E-state index in [0.29, 0.717) is 0 Å². The number of fused-ring (bicyclic) bond motifs is 3. The van der Waals surface area contributed by atoms with Gasteiger partial charge >= 0.3 is 0 Å². The zero-order valence-electron chi connectivity index (χ0n) is 18.7. The topological polar surface area (TPSA) is 36.7 Å². The van der Waals surface area contributed by atoms with Crippen molar-refractivity contribution in [3.63, 3.8) is 0 Å². The van der Waals surface area contributed by atoms with Crippen LogP contribution in [0.3, 0.4) is 0 Å². The Balaban J connectivity index is 1.47. The zero-order chi connectivity index (χ0) is 21.7. The second kappa shape index (κ2) is 7.37. The molecule has 5 nitrogen and oxygen atoms in total. The summed E-state index contributed by atoms with van der Waals surface area (Å²) in [5.74, 6) is 3.12. The van der Waals surface area contributed by atoms with Crippen molar-refractivity contribution in [1.29, 1.82) is 0 Å². The van der Waals surface area contributed by atoms with Gasteiger partial charge in [-0.1, -0.05) is 80.1 Å². The summed E-state index contributed by atoms with van der Waals surface area (Å²) in [6, 6.07) is 21.3. The Hall–Kier alpha value is -3.34. The SMILES string of the molecule is C=C1c2c(nc(Cc3ccccc3)n2Cc2ccccc2)N2CC3(CCCC3)N=C2N1C. The van der Waals surface area contributed by atoms with E-state index in [1.165, 1.54) is 36.8 Å². The van der Waals surface area contributed by atoms with Gasteiger partial charge < -0.3 is 9.47 Å². The normalized spacial score (nSPS) is 18.8. The minimum Gasteiger partial charge on any atom is -0.320 e. The van der Waals surface area contributed by atoms with E-state index in [1.807, 2.05) is 0 Å². The number of anilines is 1. The fourth-order valence-electron chi connectivity index (χ4n) is 5.49. The Kier molecular flexibility index (Phi) is 4.46. The number of imidazole rings is 1. The number of aliphatic imine (C=N–C) groups is 1. The number of rotatable bonds is 4. The van der Waals surface area contributed by atoms with Gasteiger partial charge in [0.1, 0.15) is 11.5 Å². The molecule has 1 saturated carbocycles. The van der Waals surface area contributed by atoms with Crippen LogP contribution in [0, 0.1) is 0 Å². The van der Waals surface area contributed by atoms with Gasteiger partial charge in [-0.25, -0.2) is 9.98 Å². The molecule has 1 aliphatic carbocycles. The second-order valence-corrected chi connectivity index (χ2v) is 9.37. The van der Waals surface area contributed by atoms with Crippen molar-refractivity contribution in [3.05, 3.63) is 89.9 Å². The van der Waals surface area contributed by atoms with E-state index in [-0.39, 0.29) is 5.54 Å². The molecule has 2 aromatic carbocycles. The van der Waals surface area contributed by atoms with E-state index in [0.717, 1.165) is 48.5 Å². The third kappa shape index (κ3) is 3.07. The molecule has 1 fully saturated rings. The van der Waals surface area contributed by atoms with Gasteiger partial charge in [0.2, 0.25) is 5.96 Å². The zero-order valence-corrected chi connectivity index (χ0v) is 18.7. The van der Waals surface area contributed by atoms with Crippen molar-refractivity contribution in [2.75, 3.05) is 18.5 Å². The molecular formula is C27H29N5. The summed E-state index contributed by atoms with van der Waals surface area (Å²) in [6.45, 7) is 6.20. The molecule has 0 saturated heterocycles. The highest BCUT2D eigenvalue weighted by Crippen LogP contribution is 2.44. The first kappa shape index (κ1) is 19.4. The monoisotopic (exact) mass is 423 g/mol. The second-order valence-electron chi connectivity index (χ2n) is 9.37. The summed E-state index contributed by atoms with van der Waals surface area (Å²) in [7, 11) is 2.10. The molecule has 2 aliphatic heterocycles. The molecule has 0 bridgehead atoms. The lowest BCUT2D eigenvalue weighted by atomic mass is 9.99. The Bertz CT molecular complexity index is 1190. The van der Waals surface area contributed by atoms with Crippen molar-refractivity contribution in [2.45, 2.75) is 44.2 Å². The summed E-state index contributed by atoms with van der Waals surface area (Å²) < 4.78 is 2.37. The summed E-state index contributed by atoms with van der Waals surface area (Å²) in [5.41, 5.74) is 4.69. The molecule has 0 amide bonds. The van der Waals surface area contributed by atoms with Crippen molar-refractivity contribution in [1.82, 2.24) is 14.5 Å². The smallest absolute Gasteiger partial charge is 0.207 e. The molecule has 1 spiro atoms. The van der Waals surface area contributed by atoms with Gasteiger partial charge in [0.05, 0.1) is 17.8 Å². The summed E-state index contributed by atoms with van der Waals surface area (Å²) in [5, 5.41) is 0. The van der Waals surface area contributed by atoms with Gasteiger partial charge in [0.15, 0.2) is 5.82 Å². The molecule has 3 aliphatic rings. The Morgan fingerprint density at radius 1 is 0.938 bits per heavy atom. The average molecular weight is 424 g/mol. The summed E-state index contributed by atoms with van der Waals surface area (Å²) >= 11 is 0. The first-order valence-corrected chi connectivity index (χ1v) is 11.6. The number of benzene rings is 2. The first-order valence-electron chi connectivity index (χ1n) is 11.6. The Morgan fingerprint density at radius 3 is 2.28 bits per heavy atom. The molecule has 1 aromatic heterocycles. The van der Waals surface area contributed by atoms with Crippen LogP contribution in [-0.4, -0.2) is 39.5 Å². The quantitative estimate of drug-likeness (QED) is 0.597. The first-order chi connectivity index (χ1) is 15.6. The van der Waals surface area contributed by atoms with Gasteiger partial charge in [-0.2, -0.15) is 0 Å². The van der Waals surface area contributed by atoms with Crippen LogP contribution in [-0.2, 0) is 13.0 Å². The third-order valence-electron chi connectivity index (χ3n) is 7.22. The van der Waals surface area contributed by atoms with Crippen LogP contribution in [0.25, 0.3) is 5.70 Å². The van der Waals surface area contributed by atoms with E-state index in [4.69, 9.17) is 9.98 Å². The van der Waals surface area contributed by atoms with Gasteiger partial charge in [-0.15, -0.1) is 0 Å². The van der Waals surface area contributed by atoms with Gasteiger partial charge in [-0.3, -0.25) is 4.90 Å². The van der Waals surface area contributed by atoms with E-state index in [9.17, 15) is 0 Å². The van der Waals surface area contributed by atoms with Crippen molar-refractivity contribution >= 4 is 17.5 Å². The molecular weight excluding hydrogens is 394 g/mol. The van der Waals surface area contributed by atoms with E-state index in [2.05, 4.69) is 88.7 Å². The van der Waals surface area contributed by atoms with Gasteiger partial charge in [0.25, 0.3) is 0 Å². The Morgan fingerprint density at radius 2 is 1.59 bits per heavy atom. The average Bonchev–Trinajstić information content (AvgIpc) is 3.52. The van der Waals surface area contributed by atoms with E-state index < -0.39 is 0 Å². The molecule has 0 atom stereocenters. The Labute approximate surface area is 189 Å². The predicted molar refractivity (Wildman–Crippen MR) is 130 cm³/mol. The van der Waals surface area contributed by atoms with Crippen LogP contribution in [0.15, 0.2) is 72.2 Å². The van der Waals surface area contributed by atoms with Crippen molar-refractivity contribution < 1.29 is 0 Å². The fourth-order valence-corrected chi connectivity index (χ4v) is 5.49. The number of guanidine groups is 1. The van der Waals surface area contributed by atoms with Gasteiger partial charge in [0, 0.05) is 20.0 Å². The molecule has 0 unspecified atom stereocenters. The van der Waals surface area contributed by atoms with Crippen LogP contribution in [0.5, 0.6) is 0 Å². The van der Waals surface area contributed by atoms with Crippen molar-refractivity contribution in [2.24, 2.45) is 4.99 Å². The molecule has 5 heteroatoms. The number of hydrogen-bond acceptors (Lipinski definition) is 4. The standard InChI is InChI=1S/C27H29N5/c1-20-24-25(32-19-27(15-9-10-16-27)29-26(32)30(20)2)28-23(17-21-11-5-3-6-12-21)31(24)18-22-13-7-4-8-14-22/h3-8,11-14H,1,9-10,15-19H2,2H3. The van der Waals surface area contributed by atoms with E-state index in [1.54, 1.807) is 0 Å². The molecule has 3 aromatic rings. The molecule has 6 rings (SSSR count). The maximum Gasteiger partial charge on any atom is 0.207 e. The van der Waals surface area contributed by atoms with Crippen LogP contribution in [0.4, 0.5) is 5.82 Å². The molecule has 0 radical (unpaired) electrons. The highest BCUT2D eigenvalue weighted by Gasteiger charge is 2.47. The molecule has 3 heterocycles. The lowest BCUT2D eigenvalue weighted by Crippen LogP contribution is -2.44. The molecule has 162 valence electrons. The van der Waals surface area contributed by atoms with Crippen LogP contribution in [0.2, 0.25) is 0 Å². The van der Waals surface area contributed by atoms with E-state index >= 15 is 0 Å². The molecule has 0 N–H and O–H groups in total. The van der Waals surface area contributed by atoms with Crippen LogP contribution < -0.4 is 4.90 Å². The fraction of sp³-hybridized carbons (Fsp3) is 0.333. The summed E-state index contributed by atoms with van der Waals surface area (Å²) in [4.78, 5) is 15.0. The van der Waals surface area contributed by atoms with Crippen LogP contribution in [0.1, 0.15) is 48.3 Å². The minimum atomic E-state index is 0.0499. The number of hydrogen-bond donors (Lipinski definition) is 0. The minimum absolute atomic E-state index is 0.0499. The third-order valence-corrected chi connectivity index (χ3v) is 7.22. The highest BCUT2D eigenvalue weighted by atomic mass is 15.5. The number of aromatic nitrogens is 2. The largest absolute Gasteiger partial charge is 0.320 e. The van der Waals surface area contributed by atoms with Gasteiger partial charge in [-0.05, 0) is 24.0 Å². The lowest BCUT2D eigenvalue weighted by Gasteiger charge is -2.34.